The minimum absolute atomic E-state index is 0.157. The van der Waals surface area contributed by atoms with Crippen molar-refractivity contribution in [2.75, 3.05) is 6.61 Å². The zero-order valence-electron chi connectivity index (χ0n) is 20.6. The lowest BCUT2D eigenvalue weighted by atomic mass is 9.85. The number of aliphatic carboxylic acids is 1. The Kier molecular flexibility index (Phi) is 5.68. The Morgan fingerprint density at radius 2 is 1.86 bits per heavy atom. The number of ether oxygens (including phenoxy) is 2. The highest BCUT2D eigenvalue weighted by atomic mass is 16.5. The molecule has 1 atom stereocenters. The van der Waals surface area contributed by atoms with E-state index < -0.39 is 23.6 Å². The minimum Gasteiger partial charge on any atom is -0.493 e. The summed E-state index contributed by atoms with van der Waals surface area (Å²) in [7, 11) is 0. The average molecular weight is 486 g/mol. The standard InChI is InChI=1S/C29H27NO6/c1-15-13-18-14-17(27(31)32)5-6-19(18)24(22(15)26(28(33)34)36-29(2,3)4)20-7-8-21-23-16(10-12-35-21)9-11-30-25(20)23/h5-9,11,13-14,26H,10,12H2,1-4H3,(H,31,32)(H,33,34)/t26-/m0/s1. The third-order valence-electron chi connectivity index (χ3n) is 6.43. The molecule has 36 heavy (non-hydrogen) atoms. The molecule has 2 N–H and O–H groups in total. The maximum absolute atomic E-state index is 12.6. The first-order chi connectivity index (χ1) is 17.0. The van der Waals surface area contributed by atoms with Gasteiger partial charge in [-0.2, -0.15) is 0 Å². The van der Waals surface area contributed by atoms with E-state index in [-0.39, 0.29) is 5.56 Å². The predicted octanol–water partition coefficient (Wildman–Crippen LogP) is 5.94. The highest BCUT2D eigenvalue weighted by Gasteiger charge is 2.32. The van der Waals surface area contributed by atoms with Crippen molar-refractivity contribution in [1.82, 2.24) is 4.98 Å². The van der Waals surface area contributed by atoms with Gasteiger partial charge < -0.3 is 19.7 Å². The quantitative estimate of drug-likeness (QED) is 0.360. The number of hydrogen-bond acceptors (Lipinski definition) is 5. The van der Waals surface area contributed by atoms with E-state index in [2.05, 4.69) is 0 Å². The topological polar surface area (TPSA) is 106 Å². The summed E-state index contributed by atoms with van der Waals surface area (Å²) < 4.78 is 12.0. The average Bonchev–Trinajstić information content (AvgIpc) is 2.81. The van der Waals surface area contributed by atoms with E-state index in [1.807, 2.05) is 52.0 Å². The molecule has 0 bridgehead atoms. The molecule has 2 heterocycles. The SMILES string of the molecule is Cc1cc2cc(C(=O)O)ccc2c(-c2ccc3c4c(ccnc24)CCO3)c1[C@H](OC(C)(C)C)C(=O)O. The van der Waals surface area contributed by atoms with Crippen molar-refractivity contribution in [2.45, 2.75) is 45.8 Å². The Balaban J connectivity index is 1.92. The molecule has 1 aliphatic heterocycles. The fourth-order valence-corrected chi connectivity index (χ4v) is 5.01. The van der Waals surface area contributed by atoms with E-state index in [9.17, 15) is 19.8 Å². The van der Waals surface area contributed by atoms with Crippen LogP contribution < -0.4 is 4.74 Å². The molecular weight excluding hydrogens is 458 g/mol. The van der Waals surface area contributed by atoms with Crippen molar-refractivity contribution in [3.05, 3.63) is 70.9 Å². The van der Waals surface area contributed by atoms with Crippen LogP contribution >= 0.6 is 0 Å². The van der Waals surface area contributed by atoms with Crippen molar-refractivity contribution in [1.29, 1.82) is 0 Å². The zero-order valence-corrected chi connectivity index (χ0v) is 20.6. The Morgan fingerprint density at radius 1 is 1.08 bits per heavy atom. The van der Waals surface area contributed by atoms with Crippen molar-refractivity contribution >= 4 is 33.6 Å². The molecule has 184 valence electrons. The van der Waals surface area contributed by atoms with Crippen molar-refractivity contribution in [3.63, 3.8) is 0 Å². The smallest absolute Gasteiger partial charge is 0.337 e. The van der Waals surface area contributed by atoms with Gasteiger partial charge in [-0.05, 0) is 85.5 Å². The van der Waals surface area contributed by atoms with Gasteiger partial charge in [0, 0.05) is 29.1 Å². The Labute approximate surface area is 208 Å². The third-order valence-corrected chi connectivity index (χ3v) is 6.43. The first-order valence-corrected chi connectivity index (χ1v) is 11.8. The van der Waals surface area contributed by atoms with Gasteiger partial charge in [0.1, 0.15) is 5.75 Å². The van der Waals surface area contributed by atoms with Crippen LogP contribution in [0.5, 0.6) is 5.75 Å². The first kappa shape index (κ1) is 23.8. The van der Waals surface area contributed by atoms with E-state index in [1.54, 1.807) is 18.3 Å². The summed E-state index contributed by atoms with van der Waals surface area (Å²) in [5.74, 6) is -1.38. The molecule has 0 aliphatic carbocycles. The van der Waals surface area contributed by atoms with Gasteiger partial charge in [-0.1, -0.05) is 12.1 Å². The van der Waals surface area contributed by atoms with Gasteiger partial charge in [-0.15, -0.1) is 0 Å². The number of rotatable bonds is 5. The van der Waals surface area contributed by atoms with Crippen LogP contribution in [0, 0.1) is 6.92 Å². The van der Waals surface area contributed by atoms with Crippen LogP contribution in [0.4, 0.5) is 0 Å². The molecule has 7 nitrogen and oxygen atoms in total. The van der Waals surface area contributed by atoms with E-state index >= 15 is 0 Å². The number of pyridine rings is 1. The van der Waals surface area contributed by atoms with Gasteiger partial charge in [0.15, 0.2) is 6.10 Å². The summed E-state index contributed by atoms with van der Waals surface area (Å²) in [6, 6.07) is 12.5. The number of aromatic carboxylic acids is 1. The molecule has 4 aromatic rings. The van der Waals surface area contributed by atoms with Crippen LogP contribution in [0.2, 0.25) is 0 Å². The first-order valence-electron chi connectivity index (χ1n) is 11.8. The number of carbonyl (C=O) groups is 2. The summed E-state index contributed by atoms with van der Waals surface area (Å²) in [4.78, 5) is 29.0. The number of hydrogen-bond donors (Lipinski definition) is 2. The lowest BCUT2D eigenvalue weighted by Crippen LogP contribution is -2.28. The highest BCUT2D eigenvalue weighted by molar-refractivity contribution is 6.09. The zero-order chi connectivity index (χ0) is 25.8. The highest BCUT2D eigenvalue weighted by Crippen LogP contribution is 2.45. The number of benzene rings is 3. The van der Waals surface area contributed by atoms with E-state index in [4.69, 9.17) is 14.5 Å². The molecule has 5 rings (SSSR count). The number of aryl methyl sites for hydroxylation is 1. The molecule has 1 aromatic heterocycles. The lowest BCUT2D eigenvalue weighted by molar-refractivity contribution is -0.160. The molecule has 0 unspecified atom stereocenters. The number of aromatic nitrogens is 1. The van der Waals surface area contributed by atoms with Crippen molar-refractivity contribution in [2.24, 2.45) is 0 Å². The second-order valence-electron chi connectivity index (χ2n) is 10.1. The Morgan fingerprint density at radius 3 is 2.56 bits per heavy atom. The van der Waals surface area contributed by atoms with Gasteiger partial charge in [0.25, 0.3) is 0 Å². The van der Waals surface area contributed by atoms with Gasteiger partial charge in [-0.3, -0.25) is 4.98 Å². The van der Waals surface area contributed by atoms with Crippen LogP contribution in [-0.4, -0.2) is 39.3 Å². The number of carboxylic acid groups (broad SMARTS) is 2. The Bertz CT molecular complexity index is 1540. The van der Waals surface area contributed by atoms with Crippen LogP contribution in [0.1, 0.15) is 53.9 Å². The number of nitrogens with zero attached hydrogens (tertiary/aromatic N) is 1. The van der Waals surface area contributed by atoms with Crippen molar-refractivity contribution in [3.8, 4) is 16.9 Å². The molecular formula is C29H27NO6. The molecule has 1 aliphatic rings. The van der Waals surface area contributed by atoms with Crippen LogP contribution in [-0.2, 0) is 16.0 Å². The molecule has 0 saturated carbocycles. The fourth-order valence-electron chi connectivity index (χ4n) is 5.01. The summed E-state index contributed by atoms with van der Waals surface area (Å²) >= 11 is 0. The van der Waals surface area contributed by atoms with Gasteiger partial charge >= 0.3 is 11.9 Å². The predicted molar refractivity (Wildman–Crippen MR) is 137 cm³/mol. The van der Waals surface area contributed by atoms with Crippen molar-refractivity contribution < 1.29 is 29.3 Å². The second-order valence-corrected chi connectivity index (χ2v) is 10.1. The monoisotopic (exact) mass is 485 g/mol. The molecule has 0 saturated heterocycles. The van der Waals surface area contributed by atoms with Crippen LogP contribution in [0.15, 0.2) is 48.7 Å². The maximum Gasteiger partial charge on any atom is 0.337 e. The fraction of sp³-hybridized carbons (Fsp3) is 0.276. The third kappa shape index (κ3) is 4.05. The van der Waals surface area contributed by atoms with Gasteiger partial charge in [0.05, 0.1) is 23.3 Å². The van der Waals surface area contributed by atoms with Gasteiger partial charge in [0.2, 0.25) is 0 Å². The largest absolute Gasteiger partial charge is 0.493 e. The van der Waals surface area contributed by atoms with E-state index in [0.717, 1.165) is 34.1 Å². The lowest BCUT2D eigenvalue weighted by Gasteiger charge is -2.29. The summed E-state index contributed by atoms with van der Waals surface area (Å²) in [5.41, 5.74) is 3.89. The summed E-state index contributed by atoms with van der Waals surface area (Å²) in [6.45, 7) is 7.87. The second kappa shape index (κ2) is 8.60. The van der Waals surface area contributed by atoms with Crippen LogP contribution in [0.3, 0.4) is 0 Å². The number of carboxylic acids is 2. The summed E-state index contributed by atoms with van der Waals surface area (Å²) in [6.07, 6.45) is 1.27. The normalized spacial score (nSPS) is 14.0. The summed E-state index contributed by atoms with van der Waals surface area (Å²) in [5, 5.41) is 22.2. The molecule has 3 aromatic carbocycles. The van der Waals surface area contributed by atoms with E-state index in [1.165, 1.54) is 6.07 Å². The maximum atomic E-state index is 12.6. The van der Waals surface area contributed by atoms with E-state index in [0.29, 0.717) is 34.2 Å². The van der Waals surface area contributed by atoms with Crippen LogP contribution in [0.25, 0.3) is 32.8 Å². The minimum atomic E-state index is -1.24. The Hall–Kier alpha value is -3.97. The molecule has 0 fully saturated rings. The molecule has 7 heteroatoms. The molecule has 0 spiro atoms. The van der Waals surface area contributed by atoms with Gasteiger partial charge in [-0.25, -0.2) is 9.59 Å². The molecule has 0 radical (unpaired) electrons. The molecule has 0 amide bonds. The number of fused-ring (bicyclic) bond motifs is 1.